The van der Waals surface area contributed by atoms with Crippen LogP contribution in [0.1, 0.15) is 36.0 Å². The van der Waals surface area contributed by atoms with E-state index < -0.39 is 0 Å². The van der Waals surface area contributed by atoms with Gasteiger partial charge in [-0.05, 0) is 34.8 Å². The van der Waals surface area contributed by atoms with E-state index in [1.54, 1.807) is 0 Å². The zero-order valence-corrected chi connectivity index (χ0v) is 12.0. The molecule has 1 amide bonds. The summed E-state index contributed by atoms with van der Waals surface area (Å²) in [5, 5.41) is 4.70. The van der Waals surface area contributed by atoms with Crippen LogP contribution >= 0.6 is 27.3 Å². The van der Waals surface area contributed by atoms with Crippen LogP contribution in [0.2, 0.25) is 0 Å². The zero-order chi connectivity index (χ0) is 12.1. The lowest BCUT2D eigenvalue weighted by molar-refractivity contribution is 0.0582. The van der Waals surface area contributed by atoms with E-state index in [0.717, 1.165) is 3.79 Å². The average Bonchev–Trinajstić information content (AvgIpc) is 2.95. The van der Waals surface area contributed by atoms with Gasteiger partial charge in [0.25, 0.3) is 5.91 Å². The van der Waals surface area contributed by atoms with Crippen LogP contribution in [-0.4, -0.2) is 25.2 Å². The minimum atomic E-state index is -0.0260. The Balaban J connectivity index is 1.63. The molecule has 94 valence electrons. The second kappa shape index (κ2) is 6.52. The summed E-state index contributed by atoms with van der Waals surface area (Å²) in [6.45, 7) is 1.20. The first-order chi connectivity index (χ1) is 8.25. The average molecular weight is 318 g/mol. The molecule has 5 heteroatoms. The van der Waals surface area contributed by atoms with Crippen LogP contribution in [0.25, 0.3) is 0 Å². The Kier molecular flexibility index (Phi) is 5.00. The van der Waals surface area contributed by atoms with Gasteiger partial charge >= 0.3 is 0 Å². The Morgan fingerprint density at radius 1 is 1.53 bits per heavy atom. The first-order valence-electron chi connectivity index (χ1n) is 5.89. The lowest BCUT2D eigenvalue weighted by Gasteiger charge is -2.11. The summed E-state index contributed by atoms with van der Waals surface area (Å²) >= 11 is 4.86. The highest BCUT2D eigenvalue weighted by Crippen LogP contribution is 2.21. The highest BCUT2D eigenvalue weighted by Gasteiger charge is 2.15. The third kappa shape index (κ3) is 4.08. The van der Waals surface area contributed by atoms with Crippen molar-refractivity contribution < 1.29 is 9.53 Å². The number of carbonyl (C=O) groups excluding carboxylic acids is 1. The number of hydrogen-bond acceptors (Lipinski definition) is 3. The van der Waals surface area contributed by atoms with Gasteiger partial charge in [0.15, 0.2) is 0 Å². The van der Waals surface area contributed by atoms with Gasteiger partial charge in [-0.15, -0.1) is 11.3 Å². The molecule has 0 aliphatic heterocycles. The highest BCUT2D eigenvalue weighted by atomic mass is 79.9. The molecular weight excluding hydrogens is 302 g/mol. The van der Waals surface area contributed by atoms with Crippen molar-refractivity contribution in [3.8, 4) is 0 Å². The van der Waals surface area contributed by atoms with E-state index in [-0.39, 0.29) is 5.91 Å². The molecule has 0 spiro atoms. The maximum atomic E-state index is 11.7. The molecule has 1 aromatic rings. The summed E-state index contributed by atoms with van der Waals surface area (Å²) < 4.78 is 6.65. The van der Waals surface area contributed by atoms with Crippen molar-refractivity contribution in [1.29, 1.82) is 0 Å². The van der Waals surface area contributed by atoms with E-state index >= 15 is 0 Å². The Labute approximate surface area is 114 Å². The van der Waals surface area contributed by atoms with Gasteiger partial charge < -0.3 is 10.1 Å². The molecule has 0 radical (unpaired) electrons. The fraction of sp³-hybridized carbons (Fsp3) is 0.583. The van der Waals surface area contributed by atoms with Crippen molar-refractivity contribution in [1.82, 2.24) is 5.32 Å². The van der Waals surface area contributed by atoms with Crippen molar-refractivity contribution in [3.63, 3.8) is 0 Å². The molecule has 0 atom stereocenters. The Hall–Kier alpha value is -0.390. The fourth-order valence-electron chi connectivity index (χ4n) is 1.98. The number of hydrogen-bond donors (Lipinski definition) is 1. The van der Waals surface area contributed by atoms with Gasteiger partial charge in [-0.2, -0.15) is 0 Å². The molecule has 3 nitrogen and oxygen atoms in total. The minimum Gasteiger partial charge on any atom is -0.376 e. The molecule has 1 aliphatic rings. The summed E-state index contributed by atoms with van der Waals surface area (Å²) in [6.07, 6.45) is 5.32. The van der Waals surface area contributed by atoms with E-state index in [2.05, 4.69) is 21.2 Å². The van der Waals surface area contributed by atoms with E-state index in [4.69, 9.17) is 4.74 Å². The molecule has 1 fully saturated rings. The highest BCUT2D eigenvalue weighted by molar-refractivity contribution is 9.11. The maximum Gasteiger partial charge on any atom is 0.252 e. The first-order valence-corrected chi connectivity index (χ1v) is 7.57. The van der Waals surface area contributed by atoms with E-state index in [0.29, 0.717) is 24.8 Å². The smallest absolute Gasteiger partial charge is 0.252 e. The summed E-state index contributed by atoms with van der Waals surface area (Å²) in [5.74, 6) is -0.0260. The van der Waals surface area contributed by atoms with Crippen LogP contribution in [0, 0.1) is 0 Å². The fourth-order valence-corrected chi connectivity index (χ4v) is 3.11. The number of thiophene rings is 1. The quantitative estimate of drug-likeness (QED) is 0.847. The predicted octanol–water partition coefficient (Wildman–Crippen LogP) is 3.20. The van der Waals surface area contributed by atoms with Crippen molar-refractivity contribution >= 4 is 33.2 Å². The first kappa shape index (κ1) is 13.1. The van der Waals surface area contributed by atoms with Crippen molar-refractivity contribution in [2.75, 3.05) is 13.2 Å². The van der Waals surface area contributed by atoms with Crippen LogP contribution in [0.4, 0.5) is 0 Å². The largest absolute Gasteiger partial charge is 0.376 e. The van der Waals surface area contributed by atoms with Gasteiger partial charge in [-0.3, -0.25) is 4.79 Å². The van der Waals surface area contributed by atoms with Crippen LogP contribution in [0.15, 0.2) is 15.2 Å². The summed E-state index contributed by atoms with van der Waals surface area (Å²) in [6, 6.07) is 1.83. The predicted molar refractivity (Wildman–Crippen MR) is 72.6 cm³/mol. The van der Waals surface area contributed by atoms with Gasteiger partial charge in [-0.25, -0.2) is 0 Å². The summed E-state index contributed by atoms with van der Waals surface area (Å²) in [4.78, 5) is 11.7. The van der Waals surface area contributed by atoms with E-state index in [9.17, 15) is 4.79 Å². The second-order valence-electron chi connectivity index (χ2n) is 4.17. The van der Waals surface area contributed by atoms with Crippen LogP contribution in [-0.2, 0) is 4.74 Å². The third-order valence-corrected chi connectivity index (χ3v) is 4.38. The topological polar surface area (TPSA) is 38.3 Å². The van der Waals surface area contributed by atoms with Crippen LogP contribution < -0.4 is 5.32 Å². The number of nitrogens with one attached hydrogen (secondary N) is 1. The summed E-state index contributed by atoms with van der Waals surface area (Å²) in [5.41, 5.74) is 0.711. The van der Waals surface area contributed by atoms with Gasteiger partial charge in [0.1, 0.15) is 0 Å². The number of carbonyl (C=O) groups is 1. The van der Waals surface area contributed by atoms with Crippen molar-refractivity contribution in [3.05, 3.63) is 20.8 Å². The monoisotopic (exact) mass is 317 g/mol. The number of amides is 1. The third-order valence-electron chi connectivity index (χ3n) is 2.87. The van der Waals surface area contributed by atoms with Crippen LogP contribution in [0.3, 0.4) is 0 Å². The molecule has 1 aliphatic carbocycles. The molecule has 1 heterocycles. The molecule has 1 N–H and O–H groups in total. The van der Waals surface area contributed by atoms with Crippen LogP contribution in [0.5, 0.6) is 0 Å². The van der Waals surface area contributed by atoms with Gasteiger partial charge in [0, 0.05) is 11.9 Å². The maximum absolute atomic E-state index is 11.7. The number of halogens is 1. The lowest BCUT2D eigenvalue weighted by Crippen LogP contribution is -2.28. The molecule has 1 saturated carbocycles. The van der Waals surface area contributed by atoms with Gasteiger partial charge in [0.2, 0.25) is 0 Å². The van der Waals surface area contributed by atoms with Crippen molar-refractivity contribution in [2.45, 2.75) is 31.8 Å². The lowest BCUT2D eigenvalue weighted by atomic mass is 10.3. The molecule has 0 saturated heterocycles. The zero-order valence-electron chi connectivity index (χ0n) is 9.58. The molecule has 0 bridgehead atoms. The molecule has 0 unspecified atom stereocenters. The molecule has 2 rings (SSSR count). The Morgan fingerprint density at radius 2 is 2.29 bits per heavy atom. The van der Waals surface area contributed by atoms with Gasteiger partial charge in [-0.1, -0.05) is 12.8 Å². The second-order valence-corrected chi connectivity index (χ2v) is 6.46. The van der Waals surface area contributed by atoms with E-state index in [1.165, 1.54) is 37.0 Å². The Morgan fingerprint density at radius 3 is 2.94 bits per heavy atom. The number of ether oxygens (including phenoxy) is 1. The van der Waals surface area contributed by atoms with Gasteiger partial charge in [0.05, 0.1) is 22.1 Å². The number of rotatable bonds is 5. The normalized spacial score (nSPS) is 16.3. The summed E-state index contributed by atoms with van der Waals surface area (Å²) in [7, 11) is 0. The van der Waals surface area contributed by atoms with Crippen molar-refractivity contribution in [2.24, 2.45) is 0 Å². The molecular formula is C12H16BrNO2S. The Bertz CT molecular complexity index is 374. The SMILES string of the molecule is O=C(NCCOC1CCCC1)c1csc(Br)c1. The molecule has 0 aromatic carbocycles. The molecule has 1 aromatic heterocycles. The standard InChI is InChI=1S/C12H16BrNO2S/c13-11-7-9(8-17-11)12(15)14-5-6-16-10-3-1-2-4-10/h7-8,10H,1-6H2,(H,14,15). The minimum absolute atomic E-state index is 0.0260. The van der Waals surface area contributed by atoms with E-state index in [1.807, 2.05) is 11.4 Å². The molecule has 17 heavy (non-hydrogen) atoms.